The Morgan fingerprint density at radius 3 is 2.57 bits per heavy atom. The van der Waals surface area contributed by atoms with Gasteiger partial charge in [0.2, 0.25) is 0 Å². The molecule has 0 saturated carbocycles. The van der Waals surface area contributed by atoms with E-state index in [0.29, 0.717) is 41.6 Å². The molecule has 2 aromatic carbocycles. The lowest BCUT2D eigenvalue weighted by atomic mass is 10.1. The maximum absolute atomic E-state index is 12.7. The molecule has 0 radical (unpaired) electrons. The number of anilines is 1. The largest absolute Gasteiger partial charge is 0.493 e. The smallest absolute Gasteiger partial charge is 0.259 e. The van der Waals surface area contributed by atoms with E-state index in [9.17, 15) is 9.59 Å². The molecule has 1 saturated heterocycles. The van der Waals surface area contributed by atoms with Crippen molar-refractivity contribution < 1.29 is 19.1 Å². The average Bonchev–Trinajstić information content (AvgIpc) is 3.26. The van der Waals surface area contributed by atoms with E-state index in [-0.39, 0.29) is 17.9 Å². The molecule has 6 heteroatoms. The van der Waals surface area contributed by atoms with Crippen LogP contribution in [0.2, 0.25) is 0 Å². The van der Waals surface area contributed by atoms with E-state index in [2.05, 4.69) is 24.5 Å². The van der Waals surface area contributed by atoms with Crippen LogP contribution in [-0.2, 0) is 4.74 Å². The first kappa shape index (κ1) is 21.8. The number of nitrogens with one attached hydrogen (secondary N) is 2. The predicted octanol–water partition coefficient (Wildman–Crippen LogP) is 4.27. The summed E-state index contributed by atoms with van der Waals surface area (Å²) in [5.74, 6) is 0.714. The molecule has 0 spiro atoms. The first-order valence-corrected chi connectivity index (χ1v) is 10.6. The molecule has 2 amide bonds. The standard InChI is InChI=1S/C24H30N2O4/c1-17(2)13-15-30-22-8-4-3-7-21(22)24(28)26-19-11-9-18(10-12-19)23(27)25-16-20-6-5-14-29-20/h3-4,7-12,17,20H,5-6,13-16H2,1-2H3,(H,25,27)(H,26,28). The van der Waals surface area contributed by atoms with E-state index in [1.165, 1.54) is 0 Å². The Balaban J connectivity index is 1.56. The molecule has 30 heavy (non-hydrogen) atoms. The van der Waals surface area contributed by atoms with Crippen molar-refractivity contribution in [3.63, 3.8) is 0 Å². The Hall–Kier alpha value is -2.86. The van der Waals surface area contributed by atoms with E-state index < -0.39 is 0 Å². The van der Waals surface area contributed by atoms with Gasteiger partial charge in [-0.3, -0.25) is 9.59 Å². The van der Waals surface area contributed by atoms with Gasteiger partial charge in [-0.25, -0.2) is 0 Å². The van der Waals surface area contributed by atoms with Gasteiger partial charge in [0.05, 0.1) is 18.3 Å². The summed E-state index contributed by atoms with van der Waals surface area (Å²) in [5, 5.41) is 5.76. The molecule has 1 heterocycles. The molecule has 1 fully saturated rings. The van der Waals surface area contributed by atoms with Gasteiger partial charge in [-0.15, -0.1) is 0 Å². The Morgan fingerprint density at radius 1 is 1.10 bits per heavy atom. The van der Waals surface area contributed by atoms with Gasteiger partial charge < -0.3 is 20.1 Å². The van der Waals surface area contributed by atoms with Crippen molar-refractivity contribution in [2.75, 3.05) is 25.1 Å². The number of carbonyl (C=O) groups is 2. The molecule has 0 aromatic heterocycles. The minimum atomic E-state index is -0.245. The van der Waals surface area contributed by atoms with E-state index in [4.69, 9.17) is 9.47 Å². The fourth-order valence-corrected chi connectivity index (χ4v) is 3.20. The van der Waals surface area contributed by atoms with Gasteiger partial charge in [0.1, 0.15) is 5.75 Å². The highest BCUT2D eigenvalue weighted by atomic mass is 16.5. The summed E-state index contributed by atoms with van der Waals surface area (Å²) in [6.45, 7) is 6.12. The summed E-state index contributed by atoms with van der Waals surface area (Å²) in [6, 6.07) is 14.1. The topological polar surface area (TPSA) is 76.7 Å². The summed E-state index contributed by atoms with van der Waals surface area (Å²) in [5.41, 5.74) is 1.65. The second-order valence-electron chi connectivity index (χ2n) is 7.90. The Labute approximate surface area is 178 Å². The summed E-state index contributed by atoms with van der Waals surface area (Å²) in [6.07, 6.45) is 3.05. The van der Waals surface area contributed by atoms with Crippen molar-refractivity contribution in [1.82, 2.24) is 5.32 Å². The fourth-order valence-electron chi connectivity index (χ4n) is 3.20. The third-order valence-electron chi connectivity index (χ3n) is 5.00. The van der Waals surface area contributed by atoms with Gasteiger partial charge in [0, 0.05) is 24.4 Å². The van der Waals surface area contributed by atoms with Crippen LogP contribution in [0.1, 0.15) is 53.8 Å². The maximum Gasteiger partial charge on any atom is 0.259 e. The highest BCUT2D eigenvalue weighted by Crippen LogP contribution is 2.21. The van der Waals surface area contributed by atoms with Gasteiger partial charge >= 0.3 is 0 Å². The molecular weight excluding hydrogens is 380 g/mol. The Kier molecular flexibility index (Phi) is 7.85. The summed E-state index contributed by atoms with van der Waals surface area (Å²) in [7, 11) is 0. The lowest BCUT2D eigenvalue weighted by Gasteiger charge is -2.13. The normalized spacial score (nSPS) is 15.8. The van der Waals surface area contributed by atoms with Crippen molar-refractivity contribution in [1.29, 1.82) is 0 Å². The van der Waals surface area contributed by atoms with Gasteiger partial charge in [-0.1, -0.05) is 26.0 Å². The molecule has 1 aliphatic heterocycles. The van der Waals surface area contributed by atoms with Crippen LogP contribution in [-0.4, -0.2) is 37.7 Å². The van der Waals surface area contributed by atoms with Gasteiger partial charge in [-0.2, -0.15) is 0 Å². The van der Waals surface area contributed by atoms with Crippen LogP contribution >= 0.6 is 0 Å². The lowest BCUT2D eigenvalue weighted by molar-refractivity contribution is 0.0857. The van der Waals surface area contributed by atoms with Crippen molar-refractivity contribution in [2.45, 2.75) is 39.2 Å². The van der Waals surface area contributed by atoms with Gasteiger partial charge in [-0.05, 0) is 61.6 Å². The summed E-state index contributed by atoms with van der Waals surface area (Å²) >= 11 is 0. The molecule has 1 aliphatic rings. The van der Waals surface area contributed by atoms with Crippen LogP contribution in [0, 0.1) is 5.92 Å². The molecule has 1 atom stereocenters. The molecule has 0 aliphatic carbocycles. The summed E-state index contributed by atoms with van der Waals surface area (Å²) < 4.78 is 11.3. The zero-order valence-electron chi connectivity index (χ0n) is 17.6. The second-order valence-corrected chi connectivity index (χ2v) is 7.90. The van der Waals surface area contributed by atoms with Crippen LogP contribution in [0.15, 0.2) is 48.5 Å². The lowest BCUT2D eigenvalue weighted by Crippen LogP contribution is -2.31. The molecule has 0 bridgehead atoms. The Morgan fingerprint density at radius 2 is 1.87 bits per heavy atom. The number of ether oxygens (including phenoxy) is 2. The average molecular weight is 411 g/mol. The molecule has 2 aromatic rings. The number of benzene rings is 2. The number of rotatable bonds is 9. The number of amides is 2. The van der Waals surface area contributed by atoms with Gasteiger partial charge in [0.25, 0.3) is 11.8 Å². The van der Waals surface area contributed by atoms with Crippen LogP contribution in [0.3, 0.4) is 0 Å². The molecular formula is C24H30N2O4. The van der Waals surface area contributed by atoms with Crippen LogP contribution < -0.4 is 15.4 Å². The van der Waals surface area contributed by atoms with Crippen LogP contribution in [0.25, 0.3) is 0 Å². The molecule has 3 rings (SSSR count). The van der Waals surface area contributed by atoms with Gasteiger partial charge in [0.15, 0.2) is 0 Å². The minimum Gasteiger partial charge on any atom is -0.493 e. The fraction of sp³-hybridized carbons (Fsp3) is 0.417. The predicted molar refractivity (Wildman–Crippen MR) is 117 cm³/mol. The van der Waals surface area contributed by atoms with E-state index in [0.717, 1.165) is 25.9 Å². The quantitative estimate of drug-likeness (QED) is 0.647. The second kappa shape index (κ2) is 10.8. The van der Waals surface area contributed by atoms with Crippen molar-refractivity contribution >= 4 is 17.5 Å². The SMILES string of the molecule is CC(C)CCOc1ccccc1C(=O)Nc1ccc(C(=O)NCC2CCCO2)cc1. The molecule has 2 N–H and O–H groups in total. The number of hydrogen-bond donors (Lipinski definition) is 2. The minimum absolute atomic E-state index is 0.107. The molecule has 1 unspecified atom stereocenters. The maximum atomic E-state index is 12.7. The van der Waals surface area contributed by atoms with Crippen molar-refractivity contribution in [3.05, 3.63) is 59.7 Å². The zero-order valence-corrected chi connectivity index (χ0v) is 17.6. The highest BCUT2D eigenvalue weighted by Gasteiger charge is 2.17. The van der Waals surface area contributed by atoms with E-state index >= 15 is 0 Å². The number of para-hydroxylation sites is 1. The first-order valence-electron chi connectivity index (χ1n) is 10.6. The monoisotopic (exact) mass is 410 g/mol. The summed E-state index contributed by atoms with van der Waals surface area (Å²) in [4.78, 5) is 25.0. The molecule has 160 valence electrons. The van der Waals surface area contributed by atoms with E-state index in [1.807, 2.05) is 12.1 Å². The molecule has 6 nitrogen and oxygen atoms in total. The van der Waals surface area contributed by atoms with E-state index in [1.54, 1.807) is 36.4 Å². The van der Waals surface area contributed by atoms with Crippen molar-refractivity contribution in [2.24, 2.45) is 5.92 Å². The van der Waals surface area contributed by atoms with Crippen LogP contribution in [0.5, 0.6) is 5.75 Å². The number of carbonyl (C=O) groups excluding carboxylic acids is 2. The Bertz CT molecular complexity index is 843. The third-order valence-corrected chi connectivity index (χ3v) is 5.00. The zero-order chi connectivity index (χ0) is 21.3. The third kappa shape index (κ3) is 6.32. The van der Waals surface area contributed by atoms with Crippen molar-refractivity contribution in [3.8, 4) is 5.75 Å². The first-order chi connectivity index (χ1) is 14.5. The van der Waals surface area contributed by atoms with Crippen LogP contribution in [0.4, 0.5) is 5.69 Å². The number of hydrogen-bond acceptors (Lipinski definition) is 4. The highest BCUT2D eigenvalue weighted by molar-refractivity contribution is 6.06.